The van der Waals surface area contributed by atoms with E-state index in [1.165, 1.54) is 0 Å². The van der Waals surface area contributed by atoms with E-state index in [2.05, 4.69) is 9.97 Å². The van der Waals surface area contributed by atoms with E-state index in [1.807, 2.05) is 53.4 Å². The number of nitrogens with zero attached hydrogens (tertiary/aromatic N) is 4. The van der Waals surface area contributed by atoms with Gasteiger partial charge < -0.3 is 9.64 Å². The Labute approximate surface area is 155 Å². The standard InChI is InChI=1S/C19H30N4O3/c1-13-8-14(11-24)21-16(20-13)22-9-15(10-22)23(19(5,6)7)17(25)26-12-18(2,3)4/h8,11,15H,9-10,12H2,1-7H3. The normalized spacial score (nSPS) is 15.4. The molecule has 1 aliphatic rings. The average molecular weight is 362 g/mol. The van der Waals surface area contributed by atoms with Gasteiger partial charge in [0.15, 0.2) is 6.29 Å². The third-order valence-corrected chi connectivity index (χ3v) is 4.04. The summed E-state index contributed by atoms with van der Waals surface area (Å²) in [5, 5.41) is 0. The topological polar surface area (TPSA) is 75.6 Å². The summed E-state index contributed by atoms with van der Waals surface area (Å²) < 4.78 is 5.54. The molecule has 144 valence electrons. The van der Waals surface area contributed by atoms with E-state index in [0.29, 0.717) is 31.3 Å². The van der Waals surface area contributed by atoms with Crippen LogP contribution < -0.4 is 4.90 Å². The smallest absolute Gasteiger partial charge is 0.410 e. The Hall–Kier alpha value is -2.18. The van der Waals surface area contributed by atoms with Crippen molar-refractivity contribution < 1.29 is 14.3 Å². The second-order valence-electron chi connectivity index (χ2n) is 9.07. The van der Waals surface area contributed by atoms with Gasteiger partial charge in [0, 0.05) is 24.3 Å². The van der Waals surface area contributed by atoms with E-state index < -0.39 is 0 Å². The highest BCUT2D eigenvalue weighted by atomic mass is 16.6. The van der Waals surface area contributed by atoms with Gasteiger partial charge >= 0.3 is 6.09 Å². The largest absolute Gasteiger partial charge is 0.449 e. The molecule has 0 spiro atoms. The minimum Gasteiger partial charge on any atom is -0.449 e. The summed E-state index contributed by atoms with van der Waals surface area (Å²) in [4.78, 5) is 36.1. The first-order chi connectivity index (χ1) is 11.9. The minimum atomic E-state index is -0.354. The highest BCUT2D eigenvalue weighted by Crippen LogP contribution is 2.28. The molecule has 0 bridgehead atoms. The number of hydrogen-bond donors (Lipinski definition) is 0. The second kappa shape index (κ2) is 7.21. The molecule has 0 aromatic carbocycles. The number of carbonyl (C=O) groups is 2. The van der Waals surface area contributed by atoms with Crippen LogP contribution in [-0.4, -0.2) is 58.5 Å². The summed E-state index contributed by atoms with van der Waals surface area (Å²) in [6.07, 6.45) is 0.427. The zero-order valence-corrected chi connectivity index (χ0v) is 16.9. The monoisotopic (exact) mass is 362 g/mol. The van der Waals surface area contributed by atoms with Gasteiger partial charge in [0.2, 0.25) is 5.95 Å². The maximum Gasteiger partial charge on any atom is 0.410 e. The van der Waals surface area contributed by atoms with E-state index in [-0.39, 0.29) is 23.1 Å². The quantitative estimate of drug-likeness (QED) is 0.766. The van der Waals surface area contributed by atoms with Crippen molar-refractivity contribution in [3.63, 3.8) is 0 Å². The lowest BCUT2D eigenvalue weighted by atomic mass is 9.98. The molecule has 1 aliphatic heterocycles. The maximum absolute atomic E-state index is 12.7. The number of ether oxygens (including phenoxy) is 1. The van der Waals surface area contributed by atoms with Crippen molar-refractivity contribution in [1.82, 2.24) is 14.9 Å². The molecule has 0 unspecified atom stereocenters. The summed E-state index contributed by atoms with van der Waals surface area (Å²) in [5.74, 6) is 0.528. The molecule has 2 rings (SSSR count). The molecule has 1 fully saturated rings. The van der Waals surface area contributed by atoms with E-state index in [4.69, 9.17) is 4.74 Å². The molecular weight excluding hydrogens is 332 g/mol. The first-order valence-electron chi connectivity index (χ1n) is 8.92. The maximum atomic E-state index is 12.7. The Morgan fingerprint density at radius 2 is 1.88 bits per heavy atom. The Morgan fingerprint density at radius 1 is 1.27 bits per heavy atom. The number of aryl methyl sites for hydroxylation is 1. The van der Waals surface area contributed by atoms with E-state index >= 15 is 0 Å². The lowest BCUT2D eigenvalue weighted by molar-refractivity contribution is 0.0206. The summed E-state index contributed by atoms with van der Waals surface area (Å²) >= 11 is 0. The van der Waals surface area contributed by atoms with Crippen molar-refractivity contribution in [2.24, 2.45) is 5.41 Å². The van der Waals surface area contributed by atoms with Gasteiger partial charge in [-0.05, 0) is 39.2 Å². The van der Waals surface area contributed by atoms with Gasteiger partial charge in [0.1, 0.15) is 5.69 Å². The van der Waals surface area contributed by atoms with Crippen molar-refractivity contribution in [2.45, 2.75) is 60.0 Å². The summed E-state index contributed by atoms with van der Waals surface area (Å²) in [6.45, 7) is 15.5. The molecule has 26 heavy (non-hydrogen) atoms. The number of carbonyl (C=O) groups excluding carboxylic acids is 2. The lowest BCUT2D eigenvalue weighted by Gasteiger charge is -2.49. The predicted octanol–water partition coefficient (Wildman–Crippen LogP) is 3.07. The molecule has 0 saturated carbocycles. The molecule has 7 heteroatoms. The fourth-order valence-electron chi connectivity index (χ4n) is 2.88. The van der Waals surface area contributed by atoms with Crippen LogP contribution in [0.1, 0.15) is 57.7 Å². The third kappa shape index (κ3) is 4.93. The fraction of sp³-hybridized carbons (Fsp3) is 0.684. The summed E-state index contributed by atoms with van der Waals surface area (Å²) in [5.41, 5.74) is 0.685. The van der Waals surface area contributed by atoms with Crippen LogP contribution in [0.2, 0.25) is 0 Å². The molecule has 0 radical (unpaired) electrons. The molecule has 7 nitrogen and oxygen atoms in total. The van der Waals surface area contributed by atoms with Crippen molar-refractivity contribution >= 4 is 18.3 Å². The molecular formula is C19H30N4O3. The van der Waals surface area contributed by atoms with Crippen LogP contribution in [-0.2, 0) is 4.74 Å². The number of hydrogen-bond acceptors (Lipinski definition) is 6. The Kier molecular flexibility index (Phi) is 5.58. The number of aromatic nitrogens is 2. The highest BCUT2D eigenvalue weighted by molar-refractivity contribution is 5.73. The van der Waals surface area contributed by atoms with Crippen LogP contribution in [0.5, 0.6) is 0 Å². The van der Waals surface area contributed by atoms with Crippen molar-refractivity contribution in [2.75, 3.05) is 24.6 Å². The van der Waals surface area contributed by atoms with Gasteiger partial charge in [-0.1, -0.05) is 20.8 Å². The van der Waals surface area contributed by atoms with E-state index in [0.717, 1.165) is 12.0 Å². The van der Waals surface area contributed by atoms with E-state index in [1.54, 1.807) is 11.0 Å². The van der Waals surface area contributed by atoms with Crippen LogP contribution in [0.25, 0.3) is 0 Å². The number of amides is 1. The van der Waals surface area contributed by atoms with Gasteiger partial charge in [-0.3, -0.25) is 9.69 Å². The van der Waals surface area contributed by atoms with Crippen molar-refractivity contribution in [3.8, 4) is 0 Å². The van der Waals surface area contributed by atoms with Gasteiger partial charge in [0.25, 0.3) is 0 Å². The Morgan fingerprint density at radius 3 is 2.38 bits per heavy atom. The van der Waals surface area contributed by atoms with Crippen molar-refractivity contribution in [1.29, 1.82) is 0 Å². The summed E-state index contributed by atoms with van der Waals surface area (Å²) in [6, 6.07) is 1.67. The molecule has 1 aromatic rings. The number of rotatable bonds is 4. The van der Waals surface area contributed by atoms with Crippen LogP contribution in [0.15, 0.2) is 6.07 Å². The van der Waals surface area contributed by atoms with Crippen LogP contribution in [0, 0.1) is 12.3 Å². The number of aldehydes is 1. The van der Waals surface area contributed by atoms with Gasteiger partial charge in [-0.15, -0.1) is 0 Å². The lowest BCUT2D eigenvalue weighted by Crippen LogP contribution is -2.66. The van der Waals surface area contributed by atoms with E-state index in [9.17, 15) is 9.59 Å². The third-order valence-electron chi connectivity index (χ3n) is 4.04. The SMILES string of the molecule is Cc1cc(C=O)nc(N2CC(N(C(=O)OCC(C)(C)C)C(C)(C)C)C2)n1. The average Bonchev–Trinajstić information content (AvgIpc) is 2.45. The molecule has 0 N–H and O–H groups in total. The van der Waals surface area contributed by atoms with Crippen LogP contribution in [0.3, 0.4) is 0 Å². The van der Waals surface area contributed by atoms with Crippen LogP contribution >= 0.6 is 0 Å². The minimum absolute atomic E-state index is 0.0197. The molecule has 0 aliphatic carbocycles. The van der Waals surface area contributed by atoms with Gasteiger partial charge in [0.05, 0.1) is 12.6 Å². The summed E-state index contributed by atoms with van der Waals surface area (Å²) in [7, 11) is 0. The molecule has 2 heterocycles. The molecule has 0 atom stereocenters. The predicted molar refractivity (Wildman–Crippen MR) is 101 cm³/mol. The molecule has 1 saturated heterocycles. The first kappa shape index (κ1) is 20.1. The fourth-order valence-corrected chi connectivity index (χ4v) is 2.88. The highest BCUT2D eigenvalue weighted by Gasteiger charge is 2.42. The zero-order chi connectivity index (χ0) is 19.7. The van der Waals surface area contributed by atoms with Crippen molar-refractivity contribution in [3.05, 3.63) is 17.5 Å². The Bertz CT molecular complexity index is 670. The number of anilines is 1. The molecule has 1 amide bonds. The second-order valence-corrected chi connectivity index (χ2v) is 9.07. The van der Waals surface area contributed by atoms with Gasteiger partial charge in [-0.25, -0.2) is 14.8 Å². The first-order valence-corrected chi connectivity index (χ1v) is 8.92. The Balaban J connectivity index is 2.08. The molecule has 1 aromatic heterocycles. The van der Waals surface area contributed by atoms with Crippen LogP contribution in [0.4, 0.5) is 10.7 Å². The van der Waals surface area contributed by atoms with Gasteiger partial charge in [-0.2, -0.15) is 0 Å². The zero-order valence-electron chi connectivity index (χ0n) is 16.9.